The quantitative estimate of drug-likeness (QED) is 0.256. The van der Waals surface area contributed by atoms with Gasteiger partial charge in [-0.25, -0.2) is 4.79 Å². The van der Waals surface area contributed by atoms with Crippen LogP contribution in [0.3, 0.4) is 0 Å². The van der Waals surface area contributed by atoms with E-state index in [9.17, 15) is 4.79 Å². The molecule has 2 amide bonds. The molecular formula is C32H39N7O2. The van der Waals surface area contributed by atoms with Crippen LogP contribution in [0.25, 0.3) is 5.65 Å². The summed E-state index contributed by atoms with van der Waals surface area (Å²) in [6.45, 7) is 7.45. The van der Waals surface area contributed by atoms with Crippen molar-refractivity contribution in [1.29, 1.82) is 0 Å². The molecule has 6 rings (SSSR count). The number of nitrogen functional groups attached to an aromatic ring is 1. The number of hydrogen-bond acceptors (Lipinski definition) is 6. The molecule has 1 saturated heterocycles. The van der Waals surface area contributed by atoms with Gasteiger partial charge in [0.25, 0.3) is 0 Å². The second kappa shape index (κ2) is 10.7. The molecule has 9 heteroatoms. The molecule has 3 atom stereocenters. The molecule has 214 valence electrons. The summed E-state index contributed by atoms with van der Waals surface area (Å²) in [4.78, 5) is 15.4. The Kier molecular flexibility index (Phi) is 7.07. The lowest BCUT2D eigenvalue weighted by Crippen LogP contribution is -2.35. The van der Waals surface area contributed by atoms with Gasteiger partial charge < -0.3 is 21.1 Å². The van der Waals surface area contributed by atoms with Gasteiger partial charge in [0.2, 0.25) is 0 Å². The minimum atomic E-state index is -0.253. The summed E-state index contributed by atoms with van der Waals surface area (Å²) in [6, 6.07) is 17.7. The molecule has 1 fully saturated rings. The molecule has 0 unspecified atom stereocenters. The van der Waals surface area contributed by atoms with Gasteiger partial charge in [-0.2, -0.15) is 0 Å². The minimum absolute atomic E-state index is 0.0765. The Labute approximate surface area is 241 Å². The van der Waals surface area contributed by atoms with Crippen LogP contribution in [-0.2, 0) is 5.41 Å². The summed E-state index contributed by atoms with van der Waals surface area (Å²) >= 11 is 0. The highest BCUT2D eigenvalue weighted by molar-refractivity contribution is 5.90. The van der Waals surface area contributed by atoms with E-state index in [0.29, 0.717) is 11.4 Å². The fourth-order valence-corrected chi connectivity index (χ4v) is 6.09. The number of likely N-dealkylation sites (tertiary alicyclic amines) is 1. The van der Waals surface area contributed by atoms with Crippen LogP contribution in [0, 0.1) is 0 Å². The number of fused-ring (bicyclic) bond motifs is 2. The molecule has 0 saturated carbocycles. The van der Waals surface area contributed by atoms with E-state index in [2.05, 4.69) is 70.1 Å². The van der Waals surface area contributed by atoms with Crippen LogP contribution >= 0.6 is 0 Å². The Morgan fingerprint density at radius 2 is 1.83 bits per heavy atom. The molecule has 1 aliphatic carbocycles. The molecule has 9 nitrogen and oxygen atoms in total. The number of ether oxygens (including phenoxy) is 1. The number of rotatable bonds is 5. The van der Waals surface area contributed by atoms with Gasteiger partial charge in [0.05, 0.1) is 18.3 Å². The average molecular weight is 554 g/mol. The first-order valence-corrected chi connectivity index (χ1v) is 14.4. The zero-order valence-electron chi connectivity index (χ0n) is 24.2. The maximum absolute atomic E-state index is 13.1. The molecule has 0 radical (unpaired) electrons. The number of aromatic nitrogens is 3. The van der Waals surface area contributed by atoms with Crippen LogP contribution in [0.1, 0.15) is 87.2 Å². The highest BCUT2D eigenvalue weighted by atomic mass is 16.5. The zero-order valence-corrected chi connectivity index (χ0v) is 24.2. The van der Waals surface area contributed by atoms with Crippen LogP contribution < -0.4 is 21.1 Å². The van der Waals surface area contributed by atoms with Crippen molar-refractivity contribution < 1.29 is 9.53 Å². The van der Waals surface area contributed by atoms with E-state index in [1.807, 2.05) is 42.6 Å². The third-order valence-electron chi connectivity index (χ3n) is 8.32. The number of nitrogens with two attached hydrogens (primary N) is 1. The normalized spacial score (nSPS) is 21.0. The van der Waals surface area contributed by atoms with E-state index in [1.54, 1.807) is 6.07 Å². The monoisotopic (exact) mass is 553 g/mol. The number of urea groups is 1. The lowest BCUT2D eigenvalue weighted by Gasteiger charge is -2.32. The van der Waals surface area contributed by atoms with E-state index in [1.165, 1.54) is 0 Å². The highest BCUT2D eigenvalue weighted by Crippen LogP contribution is 2.39. The second-order valence-electron chi connectivity index (χ2n) is 12.3. The van der Waals surface area contributed by atoms with Crippen molar-refractivity contribution >= 4 is 23.1 Å². The SMILES string of the molecule is CN1CCC[C@H]1c1nnc2ccc(O[C@@H]3CC[C@H](NC(=O)Nc4cc(N)cc(C(C)(C)C)c4)c4ccccc43)cn12. The van der Waals surface area contributed by atoms with Crippen molar-refractivity contribution in [3.8, 4) is 5.75 Å². The number of pyridine rings is 1. The van der Waals surface area contributed by atoms with Gasteiger partial charge in [-0.1, -0.05) is 45.0 Å². The number of amides is 2. The fourth-order valence-electron chi connectivity index (χ4n) is 6.09. The van der Waals surface area contributed by atoms with Gasteiger partial charge >= 0.3 is 6.03 Å². The van der Waals surface area contributed by atoms with Gasteiger partial charge in [0, 0.05) is 11.4 Å². The number of hydrogen-bond donors (Lipinski definition) is 3. The Bertz CT molecular complexity index is 1570. The topological polar surface area (TPSA) is 110 Å². The van der Waals surface area contributed by atoms with E-state index in [0.717, 1.165) is 66.1 Å². The summed E-state index contributed by atoms with van der Waals surface area (Å²) in [5.41, 5.74) is 11.4. The summed E-state index contributed by atoms with van der Waals surface area (Å²) in [7, 11) is 2.14. The lowest BCUT2D eigenvalue weighted by molar-refractivity contribution is 0.171. The Morgan fingerprint density at radius 1 is 1.02 bits per heavy atom. The first-order valence-electron chi connectivity index (χ1n) is 14.4. The average Bonchev–Trinajstić information content (AvgIpc) is 3.54. The summed E-state index contributed by atoms with van der Waals surface area (Å²) in [5, 5.41) is 15.1. The van der Waals surface area contributed by atoms with E-state index in [-0.39, 0.29) is 29.6 Å². The molecule has 2 aromatic heterocycles. The van der Waals surface area contributed by atoms with Gasteiger partial charge in [0.15, 0.2) is 11.5 Å². The van der Waals surface area contributed by atoms with Crippen molar-refractivity contribution in [3.05, 3.63) is 83.3 Å². The van der Waals surface area contributed by atoms with Crippen molar-refractivity contribution in [2.75, 3.05) is 24.6 Å². The van der Waals surface area contributed by atoms with Crippen LogP contribution in [0.4, 0.5) is 16.2 Å². The number of anilines is 2. The molecule has 1 aliphatic heterocycles. The number of nitrogens with one attached hydrogen (secondary N) is 2. The predicted octanol–water partition coefficient (Wildman–Crippen LogP) is 6.15. The second-order valence-corrected chi connectivity index (χ2v) is 12.3. The zero-order chi connectivity index (χ0) is 28.7. The Morgan fingerprint density at radius 3 is 2.59 bits per heavy atom. The third kappa shape index (κ3) is 5.59. The van der Waals surface area contributed by atoms with Crippen LogP contribution in [0.15, 0.2) is 60.8 Å². The number of nitrogens with zero attached hydrogens (tertiary/aromatic N) is 4. The molecule has 3 heterocycles. The minimum Gasteiger partial charge on any atom is -0.484 e. The molecule has 0 spiro atoms. The van der Waals surface area contributed by atoms with E-state index < -0.39 is 0 Å². The molecular weight excluding hydrogens is 514 g/mol. The highest BCUT2D eigenvalue weighted by Gasteiger charge is 2.30. The summed E-state index contributed by atoms with van der Waals surface area (Å²) in [6.07, 6.45) is 5.65. The molecule has 2 aliphatic rings. The van der Waals surface area contributed by atoms with Crippen LogP contribution in [0.5, 0.6) is 5.75 Å². The van der Waals surface area contributed by atoms with Gasteiger partial charge in [0.1, 0.15) is 11.9 Å². The number of carbonyl (C=O) groups is 1. The summed E-state index contributed by atoms with van der Waals surface area (Å²) in [5.74, 6) is 1.74. The van der Waals surface area contributed by atoms with Crippen molar-refractivity contribution in [3.63, 3.8) is 0 Å². The largest absolute Gasteiger partial charge is 0.484 e. The fraction of sp³-hybridized carbons (Fsp3) is 0.406. The Hall–Kier alpha value is -4.11. The van der Waals surface area contributed by atoms with Crippen LogP contribution in [0.2, 0.25) is 0 Å². The van der Waals surface area contributed by atoms with E-state index >= 15 is 0 Å². The van der Waals surface area contributed by atoms with Gasteiger partial charge in [-0.05, 0) is 91.7 Å². The van der Waals surface area contributed by atoms with Crippen molar-refractivity contribution in [2.45, 2.75) is 70.1 Å². The molecule has 0 bridgehead atoms. The predicted molar refractivity (Wildman–Crippen MR) is 161 cm³/mol. The molecule has 4 N–H and O–H groups in total. The molecule has 4 aromatic rings. The van der Waals surface area contributed by atoms with Crippen LogP contribution in [-0.4, -0.2) is 39.1 Å². The van der Waals surface area contributed by atoms with Crippen molar-refractivity contribution in [1.82, 2.24) is 24.8 Å². The lowest BCUT2D eigenvalue weighted by atomic mass is 9.85. The number of benzene rings is 2. The standard InChI is InChI=1S/C32H39N7O2/c1-32(2,3)20-16-21(33)18-22(17-20)34-31(40)35-26-12-13-28(25-9-6-5-8-24(25)26)41-23-11-14-29-36-37-30(39(29)19-23)27-10-7-15-38(27)4/h5-6,8-9,11,14,16-19,26-28H,7,10,12-13,15,33H2,1-4H3,(H2,34,35,40)/t26-,27-,28+/m0/s1. The summed E-state index contributed by atoms with van der Waals surface area (Å²) < 4.78 is 8.64. The van der Waals surface area contributed by atoms with Crippen molar-refractivity contribution in [2.24, 2.45) is 0 Å². The first kappa shape index (κ1) is 27.1. The maximum Gasteiger partial charge on any atom is 0.319 e. The number of carbonyl (C=O) groups excluding carboxylic acids is 1. The van der Waals surface area contributed by atoms with Gasteiger partial charge in [-0.3, -0.25) is 9.30 Å². The Balaban J connectivity index is 1.18. The molecule has 41 heavy (non-hydrogen) atoms. The van der Waals surface area contributed by atoms with E-state index in [4.69, 9.17) is 10.5 Å². The van der Waals surface area contributed by atoms with Gasteiger partial charge in [-0.15, -0.1) is 10.2 Å². The molecule has 2 aromatic carbocycles. The first-order chi connectivity index (χ1) is 19.7. The maximum atomic E-state index is 13.1. The smallest absolute Gasteiger partial charge is 0.319 e. The third-order valence-corrected chi connectivity index (χ3v) is 8.32.